The molecule has 0 radical (unpaired) electrons. The van der Waals surface area contributed by atoms with Crippen molar-refractivity contribution in [2.45, 2.75) is 76.2 Å². The van der Waals surface area contributed by atoms with Crippen LogP contribution in [0.3, 0.4) is 0 Å². The van der Waals surface area contributed by atoms with E-state index in [1.807, 2.05) is 18.2 Å². The van der Waals surface area contributed by atoms with Gasteiger partial charge in [-0.05, 0) is 38.7 Å². The van der Waals surface area contributed by atoms with Crippen LogP contribution in [-0.4, -0.2) is 53.0 Å². The molecule has 1 aliphatic heterocycles. The SMILES string of the molecule is CC(C)N1CC[C@H](N(Cc2ccccc2)[C@H]2CCCC(F)(F)[C@@H]2N)C1. The molecular weight excluding hydrogens is 320 g/mol. The molecule has 1 aliphatic carbocycles. The third-order valence-corrected chi connectivity index (χ3v) is 5.94. The third-order valence-electron chi connectivity index (χ3n) is 5.94. The fourth-order valence-electron chi connectivity index (χ4n) is 4.37. The van der Waals surface area contributed by atoms with Crippen LogP contribution in [0.2, 0.25) is 0 Å². The summed E-state index contributed by atoms with van der Waals surface area (Å²) in [5, 5.41) is 0. The normalized spacial score (nSPS) is 30.3. The lowest BCUT2D eigenvalue weighted by Gasteiger charge is -2.44. The zero-order valence-electron chi connectivity index (χ0n) is 15.4. The summed E-state index contributed by atoms with van der Waals surface area (Å²) in [4.78, 5) is 4.73. The molecule has 5 heteroatoms. The predicted molar refractivity (Wildman–Crippen MR) is 97.7 cm³/mol. The lowest BCUT2D eigenvalue weighted by atomic mass is 9.85. The zero-order chi connectivity index (χ0) is 18.0. The van der Waals surface area contributed by atoms with E-state index >= 15 is 0 Å². The molecule has 2 N–H and O–H groups in total. The van der Waals surface area contributed by atoms with E-state index in [0.29, 0.717) is 25.0 Å². The quantitative estimate of drug-likeness (QED) is 0.881. The van der Waals surface area contributed by atoms with Crippen LogP contribution in [0.5, 0.6) is 0 Å². The smallest absolute Gasteiger partial charge is 0.264 e. The van der Waals surface area contributed by atoms with Gasteiger partial charge in [0.05, 0.1) is 6.04 Å². The number of benzene rings is 1. The molecule has 1 heterocycles. The highest BCUT2D eigenvalue weighted by atomic mass is 19.3. The molecule has 1 saturated heterocycles. The highest BCUT2D eigenvalue weighted by molar-refractivity contribution is 5.15. The largest absolute Gasteiger partial charge is 0.321 e. The van der Waals surface area contributed by atoms with Gasteiger partial charge in [0.15, 0.2) is 0 Å². The molecule has 1 aromatic carbocycles. The average Bonchev–Trinajstić information content (AvgIpc) is 3.06. The number of hydrogen-bond acceptors (Lipinski definition) is 3. The molecule has 1 saturated carbocycles. The molecule has 0 unspecified atom stereocenters. The van der Waals surface area contributed by atoms with Crippen molar-refractivity contribution < 1.29 is 8.78 Å². The molecule has 3 atom stereocenters. The first-order valence-corrected chi connectivity index (χ1v) is 9.55. The lowest BCUT2D eigenvalue weighted by molar-refractivity contribution is -0.0897. The molecule has 1 aromatic rings. The van der Waals surface area contributed by atoms with E-state index in [4.69, 9.17) is 5.73 Å². The Hall–Kier alpha value is -1.04. The van der Waals surface area contributed by atoms with Crippen molar-refractivity contribution in [1.82, 2.24) is 9.80 Å². The second-order valence-electron chi connectivity index (χ2n) is 7.94. The second-order valence-corrected chi connectivity index (χ2v) is 7.94. The monoisotopic (exact) mass is 351 g/mol. The Labute approximate surface area is 150 Å². The number of alkyl halides is 2. The Morgan fingerprint density at radius 1 is 1.24 bits per heavy atom. The summed E-state index contributed by atoms with van der Waals surface area (Å²) in [7, 11) is 0. The number of halogens is 2. The van der Waals surface area contributed by atoms with Gasteiger partial charge in [0.1, 0.15) is 0 Å². The van der Waals surface area contributed by atoms with Gasteiger partial charge in [0.2, 0.25) is 0 Å². The fourth-order valence-corrected chi connectivity index (χ4v) is 4.37. The predicted octanol–water partition coefficient (Wildman–Crippen LogP) is 3.49. The van der Waals surface area contributed by atoms with Crippen molar-refractivity contribution in [3.8, 4) is 0 Å². The molecule has 140 valence electrons. The highest BCUT2D eigenvalue weighted by Gasteiger charge is 2.48. The van der Waals surface area contributed by atoms with Crippen LogP contribution in [-0.2, 0) is 6.54 Å². The van der Waals surface area contributed by atoms with E-state index in [9.17, 15) is 8.78 Å². The molecule has 0 aromatic heterocycles. The summed E-state index contributed by atoms with van der Waals surface area (Å²) in [5.41, 5.74) is 7.24. The van der Waals surface area contributed by atoms with E-state index in [1.54, 1.807) is 0 Å². The first-order chi connectivity index (χ1) is 11.9. The summed E-state index contributed by atoms with van der Waals surface area (Å²) >= 11 is 0. The van der Waals surface area contributed by atoms with E-state index in [1.165, 1.54) is 5.56 Å². The van der Waals surface area contributed by atoms with Crippen molar-refractivity contribution in [2.75, 3.05) is 13.1 Å². The number of nitrogens with zero attached hydrogens (tertiary/aromatic N) is 2. The van der Waals surface area contributed by atoms with Crippen molar-refractivity contribution in [3.63, 3.8) is 0 Å². The minimum atomic E-state index is -2.76. The van der Waals surface area contributed by atoms with Gasteiger partial charge in [-0.15, -0.1) is 0 Å². The summed E-state index contributed by atoms with van der Waals surface area (Å²) in [6.07, 6.45) is 2.27. The van der Waals surface area contributed by atoms with Crippen LogP contribution >= 0.6 is 0 Å². The molecule has 25 heavy (non-hydrogen) atoms. The Kier molecular flexibility index (Phi) is 5.76. The van der Waals surface area contributed by atoms with Gasteiger partial charge in [-0.2, -0.15) is 0 Å². The van der Waals surface area contributed by atoms with E-state index in [0.717, 1.165) is 25.9 Å². The number of rotatable bonds is 5. The van der Waals surface area contributed by atoms with E-state index in [-0.39, 0.29) is 12.5 Å². The zero-order valence-corrected chi connectivity index (χ0v) is 15.4. The van der Waals surface area contributed by atoms with Crippen molar-refractivity contribution in [2.24, 2.45) is 5.73 Å². The van der Waals surface area contributed by atoms with Crippen LogP contribution in [0.1, 0.15) is 45.1 Å². The van der Waals surface area contributed by atoms with E-state index in [2.05, 4.69) is 35.8 Å². The molecule has 0 amide bonds. The molecular formula is C20H31F2N3. The van der Waals surface area contributed by atoms with Crippen molar-refractivity contribution >= 4 is 0 Å². The summed E-state index contributed by atoms with van der Waals surface area (Å²) < 4.78 is 28.6. The number of likely N-dealkylation sites (tertiary alicyclic amines) is 1. The van der Waals surface area contributed by atoms with Gasteiger partial charge in [-0.1, -0.05) is 30.3 Å². The summed E-state index contributed by atoms with van der Waals surface area (Å²) in [6.45, 7) is 7.08. The summed E-state index contributed by atoms with van der Waals surface area (Å²) in [5.74, 6) is -2.76. The first kappa shape index (κ1) is 18.7. The van der Waals surface area contributed by atoms with Crippen LogP contribution in [0.4, 0.5) is 8.78 Å². The molecule has 0 bridgehead atoms. The van der Waals surface area contributed by atoms with Gasteiger partial charge >= 0.3 is 0 Å². The second kappa shape index (κ2) is 7.68. The maximum Gasteiger partial charge on any atom is 0.264 e. The minimum absolute atomic E-state index is 0.0768. The molecule has 2 fully saturated rings. The van der Waals surface area contributed by atoms with Gasteiger partial charge in [-0.3, -0.25) is 9.80 Å². The number of hydrogen-bond donors (Lipinski definition) is 1. The van der Waals surface area contributed by atoms with Crippen LogP contribution < -0.4 is 5.73 Å². The van der Waals surface area contributed by atoms with Crippen LogP contribution in [0.15, 0.2) is 30.3 Å². The first-order valence-electron chi connectivity index (χ1n) is 9.55. The lowest BCUT2D eigenvalue weighted by Crippen LogP contribution is -2.61. The fraction of sp³-hybridized carbons (Fsp3) is 0.700. The van der Waals surface area contributed by atoms with Crippen molar-refractivity contribution in [1.29, 1.82) is 0 Å². The Bertz CT molecular complexity index is 549. The van der Waals surface area contributed by atoms with Crippen molar-refractivity contribution in [3.05, 3.63) is 35.9 Å². The van der Waals surface area contributed by atoms with Gasteiger partial charge < -0.3 is 5.73 Å². The number of nitrogens with two attached hydrogens (primary N) is 1. The minimum Gasteiger partial charge on any atom is -0.321 e. The van der Waals surface area contributed by atoms with Gasteiger partial charge in [0.25, 0.3) is 5.92 Å². The molecule has 2 aliphatic rings. The Balaban J connectivity index is 1.81. The van der Waals surface area contributed by atoms with E-state index < -0.39 is 12.0 Å². The summed E-state index contributed by atoms with van der Waals surface area (Å²) in [6, 6.07) is 9.64. The maximum atomic E-state index is 14.3. The molecule has 3 rings (SSSR count). The van der Waals surface area contributed by atoms with Gasteiger partial charge in [0, 0.05) is 44.2 Å². The third kappa shape index (κ3) is 4.21. The maximum absolute atomic E-state index is 14.3. The topological polar surface area (TPSA) is 32.5 Å². The van der Waals surface area contributed by atoms with Gasteiger partial charge in [-0.25, -0.2) is 8.78 Å². The van der Waals surface area contributed by atoms with Crippen LogP contribution in [0, 0.1) is 0 Å². The van der Waals surface area contributed by atoms with Crippen LogP contribution in [0.25, 0.3) is 0 Å². The molecule has 3 nitrogen and oxygen atoms in total. The molecule has 0 spiro atoms. The Morgan fingerprint density at radius 3 is 2.60 bits per heavy atom. The highest BCUT2D eigenvalue weighted by Crippen LogP contribution is 2.37. The average molecular weight is 351 g/mol. The standard InChI is InChI=1S/C20H31F2N3/c1-15(2)24-12-10-17(14-24)25(13-16-7-4-3-5-8-16)18-9-6-11-20(21,22)19(18)23/h3-5,7-8,15,17-19H,6,9-14,23H2,1-2H3/t17-,18-,19+/m0/s1. The Morgan fingerprint density at radius 2 is 1.96 bits per heavy atom.